The van der Waals surface area contributed by atoms with Crippen molar-refractivity contribution >= 4 is 28.7 Å². The number of rotatable bonds is 6. The molecule has 0 amide bonds. The largest absolute Gasteiger partial charge is 0.386 e. The molecule has 3 aliphatic carbocycles. The average molecular weight is 497 g/mol. The van der Waals surface area contributed by atoms with E-state index < -0.39 is 24.1 Å². The molecule has 2 fully saturated rings. The third kappa shape index (κ3) is 4.20. The smallest absolute Gasteiger partial charge is 0.191 e. The van der Waals surface area contributed by atoms with Gasteiger partial charge in [0.15, 0.2) is 27.9 Å². The summed E-state index contributed by atoms with van der Waals surface area (Å²) in [6, 6.07) is 0.0352. The zero-order valence-corrected chi connectivity index (χ0v) is 21.1. The maximum Gasteiger partial charge on any atom is 0.191 e. The zero-order chi connectivity index (χ0) is 24.2. The molecule has 186 valence electrons. The maximum atomic E-state index is 10.5. The van der Waals surface area contributed by atoms with Crippen LogP contribution >= 0.6 is 11.8 Å². The van der Waals surface area contributed by atoms with Crippen LogP contribution in [-0.4, -0.2) is 66.0 Å². The molecule has 2 aromatic heterocycles. The Labute approximate surface area is 209 Å². The van der Waals surface area contributed by atoms with Gasteiger partial charge in [-0.3, -0.25) is 0 Å². The molecule has 10 heteroatoms. The van der Waals surface area contributed by atoms with Gasteiger partial charge in [0.25, 0.3) is 0 Å². The summed E-state index contributed by atoms with van der Waals surface area (Å²) in [5, 5.41) is 23.8. The summed E-state index contributed by atoms with van der Waals surface area (Å²) in [7, 11) is 0. The standard InChI is InChI=1S/C25H32N6O3S/c1-4-12-35-23-27-21(26-15-13-25(14-15)10-6-5-7-11-25)18-22(28-23)31(30-29-18)16-8-9-17(32)20-19(16)33-24(2,3)34-20/h5-10,15-17,19-20,32H,4,11-14H2,1-3H3,(H,26,27,28)/t15?,16-,17+,19+,20-,25?/m1/s1. The quantitative estimate of drug-likeness (QED) is 0.351. The summed E-state index contributed by atoms with van der Waals surface area (Å²) in [4.78, 5) is 9.68. The number of aromatic nitrogens is 5. The molecule has 1 saturated heterocycles. The molecule has 0 radical (unpaired) electrons. The van der Waals surface area contributed by atoms with Crippen molar-refractivity contribution in [3.05, 3.63) is 36.5 Å². The molecule has 9 nitrogen and oxygen atoms in total. The van der Waals surface area contributed by atoms with Crippen molar-refractivity contribution < 1.29 is 14.6 Å². The van der Waals surface area contributed by atoms with Gasteiger partial charge in [-0.1, -0.05) is 60.4 Å². The van der Waals surface area contributed by atoms with E-state index in [9.17, 15) is 5.11 Å². The van der Waals surface area contributed by atoms with Crippen LogP contribution in [0.5, 0.6) is 0 Å². The number of hydrogen-bond donors (Lipinski definition) is 2. The van der Waals surface area contributed by atoms with Crippen molar-refractivity contribution in [3.8, 4) is 0 Å². The number of anilines is 1. The van der Waals surface area contributed by atoms with Gasteiger partial charge in [-0.2, -0.15) is 0 Å². The minimum atomic E-state index is -0.788. The van der Waals surface area contributed by atoms with Crippen molar-refractivity contribution in [2.75, 3.05) is 11.1 Å². The Morgan fingerprint density at radius 3 is 2.77 bits per heavy atom. The van der Waals surface area contributed by atoms with Crippen LogP contribution in [0.4, 0.5) is 5.82 Å². The van der Waals surface area contributed by atoms with E-state index in [-0.39, 0.29) is 11.5 Å². The van der Waals surface area contributed by atoms with Gasteiger partial charge in [-0.25, -0.2) is 14.6 Å². The van der Waals surface area contributed by atoms with Gasteiger partial charge in [-0.15, -0.1) is 5.10 Å². The third-order valence-corrected chi connectivity index (χ3v) is 8.28. The Bertz CT molecular complexity index is 1200. The molecule has 2 N–H and O–H groups in total. The number of fused-ring (bicyclic) bond motifs is 2. The molecule has 6 rings (SSSR count). The predicted octanol–water partition coefficient (Wildman–Crippen LogP) is 3.79. The number of allylic oxidation sites excluding steroid dienone is 4. The molecule has 4 aliphatic rings. The molecule has 1 aliphatic heterocycles. The van der Waals surface area contributed by atoms with Gasteiger partial charge in [0, 0.05) is 11.8 Å². The first kappa shape index (κ1) is 23.1. The minimum Gasteiger partial charge on any atom is -0.386 e. The molecule has 4 atom stereocenters. The highest BCUT2D eigenvalue weighted by atomic mass is 32.2. The second-order valence-corrected chi connectivity index (χ2v) is 11.5. The summed E-state index contributed by atoms with van der Waals surface area (Å²) >= 11 is 1.64. The molecule has 0 bridgehead atoms. The van der Waals surface area contributed by atoms with Crippen molar-refractivity contribution in [2.45, 2.75) is 87.8 Å². The highest BCUT2D eigenvalue weighted by Gasteiger charge is 2.50. The fourth-order valence-electron chi connectivity index (χ4n) is 5.61. The van der Waals surface area contributed by atoms with Crippen molar-refractivity contribution in [1.82, 2.24) is 25.0 Å². The topological polar surface area (TPSA) is 107 Å². The first-order valence-electron chi connectivity index (χ1n) is 12.5. The number of ether oxygens (including phenoxy) is 2. The molecular weight excluding hydrogens is 464 g/mol. The predicted molar refractivity (Wildman–Crippen MR) is 134 cm³/mol. The summed E-state index contributed by atoms with van der Waals surface area (Å²) in [6.45, 7) is 5.87. The second kappa shape index (κ2) is 8.69. The first-order chi connectivity index (χ1) is 16.9. The van der Waals surface area contributed by atoms with Gasteiger partial charge in [-0.05, 0) is 44.9 Å². The fourth-order valence-corrected chi connectivity index (χ4v) is 6.30. The highest BCUT2D eigenvalue weighted by molar-refractivity contribution is 7.99. The normalized spacial score (nSPS) is 34.9. The summed E-state index contributed by atoms with van der Waals surface area (Å²) in [5.74, 6) is 0.876. The van der Waals surface area contributed by atoms with Crippen LogP contribution in [-0.2, 0) is 9.47 Å². The fraction of sp³-hybridized carbons (Fsp3) is 0.600. The molecule has 3 heterocycles. The molecule has 0 unspecified atom stereocenters. The number of aliphatic hydroxyl groups is 1. The summed E-state index contributed by atoms with van der Waals surface area (Å²) in [6.07, 6.45) is 15.2. The van der Waals surface area contributed by atoms with Gasteiger partial charge in [0.05, 0.1) is 0 Å². The van der Waals surface area contributed by atoms with E-state index in [1.165, 1.54) is 0 Å². The first-order valence-corrected chi connectivity index (χ1v) is 13.4. The van der Waals surface area contributed by atoms with Crippen LogP contribution in [0, 0.1) is 5.41 Å². The van der Waals surface area contributed by atoms with E-state index >= 15 is 0 Å². The Balaban J connectivity index is 1.33. The van der Waals surface area contributed by atoms with Gasteiger partial charge in [0.2, 0.25) is 0 Å². The minimum absolute atomic E-state index is 0.269. The van der Waals surface area contributed by atoms with E-state index in [2.05, 4.69) is 46.9 Å². The monoisotopic (exact) mass is 496 g/mol. The van der Waals surface area contributed by atoms with Crippen molar-refractivity contribution in [1.29, 1.82) is 0 Å². The molecule has 1 saturated carbocycles. The van der Waals surface area contributed by atoms with Crippen LogP contribution in [0.3, 0.4) is 0 Å². The van der Waals surface area contributed by atoms with E-state index in [1.807, 2.05) is 19.9 Å². The Morgan fingerprint density at radius 1 is 1.17 bits per heavy atom. The van der Waals surface area contributed by atoms with Gasteiger partial charge < -0.3 is 19.9 Å². The molecular formula is C25H32N6O3S. The van der Waals surface area contributed by atoms with Crippen LogP contribution < -0.4 is 5.32 Å². The third-order valence-electron chi connectivity index (χ3n) is 7.23. The lowest BCUT2D eigenvalue weighted by Crippen LogP contribution is -2.44. The van der Waals surface area contributed by atoms with Crippen LogP contribution in [0.25, 0.3) is 11.2 Å². The SMILES string of the molecule is CCCSc1nc(NC2CC3(C=CC=CC3)C2)c2nnn([C@@H]3C=C[C@H](O)[C@H]4OC(C)(C)O[C@H]43)c2n1. The molecule has 2 aromatic rings. The van der Waals surface area contributed by atoms with E-state index in [4.69, 9.17) is 19.4 Å². The number of thioether (sulfide) groups is 1. The van der Waals surface area contributed by atoms with Crippen molar-refractivity contribution in [3.63, 3.8) is 0 Å². The molecule has 35 heavy (non-hydrogen) atoms. The van der Waals surface area contributed by atoms with E-state index in [0.717, 1.165) is 37.3 Å². The number of nitrogens with one attached hydrogen (secondary N) is 1. The second-order valence-electron chi connectivity index (χ2n) is 10.4. The van der Waals surface area contributed by atoms with Crippen LogP contribution in [0.15, 0.2) is 41.6 Å². The lowest BCUT2D eigenvalue weighted by atomic mass is 9.62. The number of nitrogens with zero attached hydrogens (tertiary/aromatic N) is 5. The highest BCUT2D eigenvalue weighted by Crippen LogP contribution is 2.48. The number of hydrogen-bond acceptors (Lipinski definition) is 9. The van der Waals surface area contributed by atoms with Gasteiger partial charge >= 0.3 is 0 Å². The van der Waals surface area contributed by atoms with Crippen LogP contribution in [0.1, 0.15) is 52.5 Å². The lowest BCUT2D eigenvalue weighted by Gasteiger charge is -2.46. The Morgan fingerprint density at radius 2 is 2.00 bits per heavy atom. The van der Waals surface area contributed by atoms with E-state index in [1.54, 1.807) is 22.5 Å². The van der Waals surface area contributed by atoms with Crippen LogP contribution in [0.2, 0.25) is 0 Å². The van der Waals surface area contributed by atoms with Gasteiger partial charge in [0.1, 0.15) is 24.4 Å². The molecule has 1 spiro atoms. The lowest BCUT2D eigenvalue weighted by molar-refractivity contribution is -0.153. The average Bonchev–Trinajstić information content (AvgIpc) is 3.38. The van der Waals surface area contributed by atoms with E-state index in [0.29, 0.717) is 22.4 Å². The Kier molecular flexibility index (Phi) is 5.75. The molecule has 0 aromatic carbocycles. The maximum absolute atomic E-state index is 10.5. The zero-order valence-electron chi connectivity index (χ0n) is 20.3. The Hall–Kier alpha value is -2.27. The van der Waals surface area contributed by atoms with Crippen molar-refractivity contribution in [2.24, 2.45) is 5.41 Å². The summed E-state index contributed by atoms with van der Waals surface area (Å²) in [5.41, 5.74) is 1.58. The summed E-state index contributed by atoms with van der Waals surface area (Å²) < 4.78 is 14.0. The number of aliphatic hydroxyl groups excluding tert-OH is 1.